The summed E-state index contributed by atoms with van der Waals surface area (Å²) >= 11 is 0. The van der Waals surface area contributed by atoms with Crippen molar-refractivity contribution in [2.45, 2.75) is 84.5 Å². The van der Waals surface area contributed by atoms with E-state index in [4.69, 9.17) is 14.7 Å². The molecule has 9 nitrogen and oxygen atoms in total. The normalized spacial score (nSPS) is 15.6. The molecule has 1 amide bonds. The average Bonchev–Trinajstić information content (AvgIpc) is 3.80. The quantitative estimate of drug-likeness (QED) is 0.163. The maximum atomic E-state index is 13.3. The van der Waals surface area contributed by atoms with Crippen LogP contribution in [0.25, 0.3) is 39.3 Å². The van der Waals surface area contributed by atoms with Gasteiger partial charge in [0, 0.05) is 89.4 Å². The predicted octanol–water partition coefficient (Wildman–Crippen LogP) is 8.65. The van der Waals surface area contributed by atoms with Crippen LogP contribution in [0, 0.1) is 13.8 Å². The minimum atomic E-state index is -0.222. The Kier molecular flexibility index (Phi) is 12.4. The molecule has 3 aromatic rings. The Hall–Kier alpha value is -4.76. The number of carbonyl (C=O) groups is 2. The fourth-order valence-electron chi connectivity index (χ4n) is 7.53. The van der Waals surface area contributed by atoms with Crippen molar-refractivity contribution in [3.05, 3.63) is 88.5 Å². The summed E-state index contributed by atoms with van der Waals surface area (Å²) in [5.74, 6) is 0.0328. The number of fused-ring (bicyclic) bond motifs is 8. The van der Waals surface area contributed by atoms with Gasteiger partial charge in [0.05, 0.1) is 18.5 Å². The van der Waals surface area contributed by atoms with Crippen molar-refractivity contribution in [3.63, 3.8) is 0 Å². The number of ether oxygens (including phenoxy) is 1. The second kappa shape index (κ2) is 16.7. The number of nitrogens with zero attached hydrogens (tertiary/aromatic N) is 4. The number of aryl methyl sites for hydroxylation is 3. The van der Waals surface area contributed by atoms with E-state index >= 15 is 0 Å². The van der Waals surface area contributed by atoms with Crippen LogP contribution in [0.2, 0.25) is 0 Å². The zero-order valence-electron chi connectivity index (χ0n) is 32.4. The molecule has 2 aliphatic heterocycles. The van der Waals surface area contributed by atoms with Crippen LogP contribution >= 0.6 is 0 Å². The van der Waals surface area contributed by atoms with Gasteiger partial charge in [0.1, 0.15) is 0 Å². The van der Waals surface area contributed by atoms with Gasteiger partial charge in [-0.25, -0.2) is 4.98 Å². The van der Waals surface area contributed by atoms with Crippen LogP contribution < -0.4 is 0 Å². The minimum absolute atomic E-state index is 0.0179. The summed E-state index contributed by atoms with van der Waals surface area (Å²) in [4.78, 5) is 47.6. The van der Waals surface area contributed by atoms with Crippen LogP contribution in [-0.4, -0.2) is 83.0 Å². The van der Waals surface area contributed by atoms with Crippen molar-refractivity contribution in [1.82, 2.24) is 29.7 Å². The molecule has 0 saturated heterocycles. The third-order valence-corrected chi connectivity index (χ3v) is 10.8. The van der Waals surface area contributed by atoms with E-state index in [1.807, 2.05) is 38.2 Å². The van der Waals surface area contributed by atoms with Gasteiger partial charge in [-0.3, -0.25) is 14.6 Å². The van der Waals surface area contributed by atoms with Crippen LogP contribution in [0.4, 0.5) is 0 Å². The number of hydrogen-bond donors (Lipinski definition) is 2. The number of allylic oxidation sites excluding steroid dienone is 3. The minimum Gasteiger partial charge on any atom is -0.469 e. The average molecular weight is 705 g/mol. The van der Waals surface area contributed by atoms with Gasteiger partial charge >= 0.3 is 5.97 Å². The van der Waals surface area contributed by atoms with Gasteiger partial charge in [0.25, 0.3) is 0 Å². The van der Waals surface area contributed by atoms with Crippen molar-refractivity contribution < 1.29 is 14.3 Å². The smallest absolute Gasteiger partial charge is 0.305 e. The topological polar surface area (TPSA) is 107 Å². The molecule has 0 aromatic carbocycles. The molecular formula is C43H56N6O3. The molecule has 0 radical (unpaired) electrons. The largest absolute Gasteiger partial charge is 0.469 e. The molecule has 2 atom stereocenters. The van der Waals surface area contributed by atoms with E-state index < -0.39 is 0 Å². The first-order valence-electron chi connectivity index (χ1n) is 18.6. The van der Waals surface area contributed by atoms with Crippen LogP contribution in [0.1, 0.15) is 109 Å². The summed E-state index contributed by atoms with van der Waals surface area (Å²) in [5, 5.41) is 0. The van der Waals surface area contributed by atoms with E-state index in [-0.39, 0.29) is 23.7 Å². The number of nitrogens with one attached hydrogen (secondary N) is 2. The number of likely N-dealkylation sites (N-methyl/N-ethyl adjacent to an activating group) is 2. The van der Waals surface area contributed by atoms with E-state index in [9.17, 15) is 9.59 Å². The number of unbranched alkanes of at least 4 members (excludes halogenated alkanes) is 1. The molecule has 2 aliphatic rings. The molecule has 2 unspecified atom stereocenters. The number of esters is 1. The summed E-state index contributed by atoms with van der Waals surface area (Å²) in [6, 6.07) is 8.53. The predicted molar refractivity (Wildman–Crippen MR) is 214 cm³/mol. The van der Waals surface area contributed by atoms with Gasteiger partial charge in [-0.05, 0) is 101 Å². The molecule has 0 fully saturated rings. The standard InChI is InChI=1S/C43H56N6O3/c1-11-14-15-32-33(17-19-43(51)52-10)41-25-39-31(16-18-42(50)49(9)21-20-48(7)8)28(6)36(46-39)23-38-29(12-2)26(4)34(44-38)22-37-30(13-3)27(5)35(45-37)24-40(32)47-41/h12-13,22-25,32-33,45-46H,2-3,11,14-21H2,1,4-10H3. The lowest BCUT2D eigenvalue weighted by molar-refractivity contribution is -0.140. The number of H-pyrrole nitrogens is 2. The fourth-order valence-corrected chi connectivity index (χ4v) is 7.53. The SMILES string of the molecule is C=CC1=C(C)c2cc3[nH]c(cc4nc(cc5[nH]c(cc1n2)c(C)c5CCC(=O)N(C)CCN(C)C)C(CCC(=O)OC)C4CCCC)c(C)c3C=C. The summed E-state index contributed by atoms with van der Waals surface area (Å²) in [6.45, 7) is 18.3. The number of carbonyl (C=O) groups excluding carboxylic acids is 2. The number of aromatic nitrogens is 4. The monoisotopic (exact) mass is 704 g/mol. The molecule has 8 bridgehead atoms. The molecule has 276 valence electrons. The first-order valence-corrected chi connectivity index (χ1v) is 18.6. The van der Waals surface area contributed by atoms with Crippen molar-refractivity contribution >= 4 is 51.2 Å². The number of amides is 1. The summed E-state index contributed by atoms with van der Waals surface area (Å²) in [5.41, 5.74) is 13.7. The van der Waals surface area contributed by atoms with Crippen molar-refractivity contribution in [2.24, 2.45) is 0 Å². The molecule has 5 heterocycles. The molecule has 3 aromatic heterocycles. The highest BCUT2D eigenvalue weighted by Crippen LogP contribution is 2.44. The van der Waals surface area contributed by atoms with E-state index in [1.165, 1.54) is 7.11 Å². The molecule has 52 heavy (non-hydrogen) atoms. The van der Waals surface area contributed by atoms with E-state index in [1.54, 1.807) is 0 Å². The summed E-state index contributed by atoms with van der Waals surface area (Å²) in [7, 11) is 7.35. The molecule has 5 rings (SSSR count). The summed E-state index contributed by atoms with van der Waals surface area (Å²) in [6.07, 6.45) is 8.72. The van der Waals surface area contributed by atoms with Gasteiger partial charge in [0.2, 0.25) is 5.91 Å². The molecule has 0 spiro atoms. The van der Waals surface area contributed by atoms with Gasteiger partial charge < -0.3 is 24.5 Å². The van der Waals surface area contributed by atoms with Crippen molar-refractivity contribution in [2.75, 3.05) is 41.3 Å². The third-order valence-electron chi connectivity index (χ3n) is 10.8. The maximum Gasteiger partial charge on any atom is 0.305 e. The Labute approximate surface area is 308 Å². The second-order valence-corrected chi connectivity index (χ2v) is 14.5. The van der Waals surface area contributed by atoms with Gasteiger partial charge in [0.15, 0.2) is 0 Å². The zero-order valence-corrected chi connectivity index (χ0v) is 32.4. The lowest BCUT2D eigenvalue weighted by atomic mass is 9.82. The Balaban J connectivity index is 1.81. The molecular weight excluding hydrogens is 649 g/mol. The molecule has 2 N–H and O–H groups in total. The highest BCUT2D eigenvalue weighted by molar-refractivity contribution is 5.97. The van der Waals surface area contributed by atoms with E-state index in [0.717, 1.165) is 104 Å². The lowest BCUT2D eigenvalue weighted by Crippen LogP contribution is -2.33. The van der Waals surface area contributed by atoms with Crippen LogP contribution in [0.5, 0.6) is 0 Å². The number of methoxy groups -OCH3 is 1. The van der Waals surface area contributed by atoms with Crippen molar-refractivity contribution in [3.8, 4) is 0 Å². The first-order chi connectivity index (χ1) is 24.9. The number of rotatable bonds is 14. The highest BCUT2D eigenvalue weighted by Gasteiger charge is 2.32. The Morgan fingerprint density at radius 1 is 0.827 bits per heavy atom. The number of aromatic amines is 2. The van der Waals surface area contributed by atoms with E-state index in [0.29, 0.717) is 32.2 Å². The zero-order chi connectivity index (χ0) is 37.7. The van der Waals surface area contributed by atoms with Gasteiger partial charge in [-0.2, -0.15) is 0 Å². The van der Waals surface area contributed by atoms with Gasteiger partial charge in [-0.15, -0.1) is 0 Å². The van der Waals surface area contributed by atoms with Crippen LogP contribution in [0.15, 0.2) is 43.5 Å². The van der Waals surface area contributed by atoms with Gasteiger partial charge in [-0.1, -0.05) is 45.1 Å². The lowest BCUT2D eigenvalue weighted by Gasteiger charge is -2.20. The van der Waals surface area contributed by atoms with Crippen molar-refractivity contribution in [1.29, 1.82) is 0 Å². The summed E-state index contributed by atoms with van der Waals surface area (Å²) < 4.78 is 5.09. The Morgan fingerprint density at radius 2 is 1.48 bits per heavy atom. The van der Waals surface area contributed by atoms with E-state index in [2.05, 4.69) is 80.0 Å². The highest BCUT2D eigenvalue weighted by atomic mass is 16.5. The first kappa shape index (κ1) is 38.5. The third kappa shape index (κ3) is 8.15. The molecule has 9 heteroatoms. The Morgan fingerprint density at radius 3 is 2.13 bits per heavy atom. The van der Waals surface area contributed by atoms with Crippen LogP contribution in [-0.2, 0) is 20.7 Å². The second-order valence-electron chi connectivity index (χ2n) is 14.5. The van der Waals surface area contributed by atoms with Crippen LogP contribution in [0.3, 0.4) is 0 Å². The maximum absolute atomic E-state index is 13.3. The molecule has 0 saturated carbocycles. The Bertz CT molecular complexity index is 2050. The molecule has 0 aliphatic carbocycles. The fraction of sp³-hybridized carbons (Fsp3) is 0.442. The number of hydrogen-bond acceptors (Lipinski definition) is 6.